The Morgan fingerprint density at radius 3 is 2.52 bits per heavy atom. The quantitative estimate of drug-likeness (QED) is 0.576. The van der Waals surface area contributed by atoms with Gasteiger partial charge in [-0.25, -0.2) is 0 Å². The molecule has 1 aliphatic heterocycles. The van der Waals surface area contributed by atoms with E-state index < -0.39 is 0 Å². The van der Waals surface area contributed by atoms with E-state index in [2.05, 4.69) is 10.2 Å². The molecule has 2 aromatic rings. The summed E-state index contributed by atoms with van der Waals surface area (Å²) in [6.07, 6.45) is 3.33. The topological polar surface area (TPSA) is 67.9 Å². The molecule has 0 aromatic heterocycles. The number of ketones is 1. The van der Waals surface area contributed by atoms with Gasteiger partial charge in [-0.1, -0.05) is 18.2 Å². The number of carbonyl (C=O) groups excluding carboxylic acids is 2. The summed E-state index contributed by atoms with van der Waals surface area (Å²) in [6.45, 7) is 5.39. The predicted molar refractivity (Wildman–Crippen MR) is 113 cm³/mol. The lowest BCUT2D eigenvalue weighted by molar-refractivity contribution is -0.114. The van der Waals surface area contributed by atoms with Gasteiger partial charge in [0, 0.05) is 43.4 Å². The van der Waals surface area contributed by atoms with Gasteiger partial charge < -0.3 is 14.8 Å². The first-order valence-electron chi connectivity index (χ1n) is 9.62. The van der Waals surface area contributed by atoms with Crippen molar-refractivity contribution >= 4 is 23.5 Å². The van der Waals surface area contributed by atoms with Crippen molar-refractivity contribution in [2.45, 2.75) is 13.5 Å². The van der Waals surface area contributed by atoms with Gasteiger partial charge in [-0.15, -0.1) is 0 Å². The number of carbonyl (C=O) groups is 2. The molecule has 152 valence electrons. The Morgan fingerprint density at radius 1 is 1.14 bits per heavy atom. The smallest absolute Gasteiger partial charge is 0.221 e. The minimum absolute atomic E-state index is 0.0678. The maximum absolute atomic E-state index is 12.7. The van der Waals surface area contributed by atoms with Gasteiger partial charge in [0.2, 0.25) is 5.91 Å². The number of methoxy groups -OCH3 is 1. The van der Waals surface area contributed by atoms with Crippen LogP contribution < -0.4 is 10.1 Å². The maximum Gasteiger partial charge on any atom is 0.221 e. The van der Waals surface area contributed by atoms with Gasteiger partial charge in [-0.05, 0) is 42.0 Å². The molecule has 0 unspecified atom stereocenters. The SMILES string of the molecule is COc1ccc(C(=O)/C=C/c2ccc(NC(C)=O)cc2)cc1CN1CCOCC1. The van der Waals surface area contributed by atoms with Crippen molar-refractivity contribution in [2.75, 3.05) is 38.7 Å². The second-order valence-electron chi connectivity index (χ2n) is 6.92. The molecule has 2 aromatic carbocycles. The van der Waals surface area contributed by atoms with Crippen molar-refractivity contribution in [3.63, 3.8) is 0 Å². The summed E-state index contributed by atoms with van der Waals surface area (Å²) in [6, 6.07) is 12.9. The third-order valence-electron chi connectivity index (χ3n) is 4.72. The summed E-state index contributed by atoms with van der Waals surface area (Å²) in [5.74, 6) is 0.600. The lowest BCUT2D eigenvalue weighted by Crippen LogP contribution is -2.35. The molecule has 0 radical (unpaired) electrons. The van der Waals surface area contributed by atoms with Crippen molar-refractivity contribution in [1.29, 1.82) is 0 Å². The van der Waals surface area contributed by atoms with Gasteiger partial charge in [-0.3, -0.25) is 14.5 Å². The zero-order valence-electron chi connectivity index (χ0n) is 16.8. The highest BCUT2D eigenvalue weighted by Gasteiger charge is 2.15. The second-order valence-corrected chi connectivity index (χ2v) is 6.92. The van der Waals surface area contributed by atoms with Crippen LogP contribution in [0.5, 0.6) is 5.75 Å². The van der Waals surface area contributed by atoms with E-state index in [0.717, 1.165) is 55.4 Å². The number of amides is 1. The minimum atomic E-state index is -0.115. The molecule has 0 bridgehead atoms. The standard InChI is InChI=1S/C23H26N2O4/c1-17(26)24-21-7-3-18(4-8-21)5-9-22(27)19-6-10-23(28-2)20(15-19)16-25-11-13-29-14-12-25/h3-10,15H,11-14,16H2,1-2H3,(H,24,26)/b9-5+. The molecule has 1 saturated heterocycles. The molecule has 6 heteroatoms. The van der Waals surface area contributed by atoms with Crippen LogP contribution in [0.1, 0.15) is 28.4 Å². The van der Waals surface area contributed by atoms with Crippen molar-refractivity contribution in [3.05, 3.63) is 65.2 Å². The molecular weight excluding hydrogens is 368 g/mol. The largest absolute Gasteiger partial charge is 0.496 e. The predicted octanol–water partition coefficient (Wildman–Crippen LogP) is 3.38. The van der Waals surface area contributed by atoms with Crippen LogP contribution in [0.2, 0.25) is 0 Å². The van der Waals surface area contributed by atoms with Crippen LogP contribution in [-0.2, 0) is 16.1 Å². The van der Waals surface area contributed by atoms with Crippen LogP contribution in [0.25, 0.3) is 6.08 Å². The minimum Gasteiger partial charge on any atom is -0.496 e. The Balaban J connectivity index is 1.70. The highest BCUT2D eigenvalue weighted by atomic mass is 16.5. The van der Waals surface area contributed by atoms with Gasteiger partial charge in [0.1, 0.15) is 5.75 Å². The van der Waals surface area contributed by atoms with Gasteiger partial charge >= 0.3 is 0 Å². The zero-order chi connectivity index (χ0) is 20.6. The number of nitrogens with zero attached hydrogens (tertiary/aromatic N) is 1. The fourth-order valence-corrected chi connectivity index (χ4v) is 3.20. The van der Waals surface area contributed by atoms with Crippen LogP contribution in [0.4, 0.5) is 5.69 Å². The van der Waals surface area contributed by atoms with Crippen molar-refractivity contribution in [2.24, 2.45) is 0 Å². The molecular formula is C23H26N2O4. The number of anilines is 1. The van der Waals surface area contributed by atoms with Crippen LogP contribution in [0, 0.1) is 0 Å². The number of allylic oxidation sites excluding steroid dienone is 1. The molecule has 1 N–H and O–H groups in total. The first kappa shape index (κ1) is 20.8. The normalized spacial score (nSPS) is 14.7. The van der Waals surface area contributed by atoms with Crippen molar-refractivity contribution < 1.29 is 19.1 Å². The van der Waals surface area contributed by atoms with Gasteiger partial charge in [-0.2, -0.15) is 0 Å². The number of hydrogen-bond acceptors (Lipinski definition) is 5. The number of morpholine rings is 1. The molecule has 6 nitrogen and oxygen atoms in total. The van der Waals surface area contributed by atoms with E-state index in [1.54, 1.807) is 37.5 Å². The lowest BCUT2D eigenvalue weighted by Gasteiger charge is -2.27. The third kappa shape index (κ3) is 6.01. The van der Waals surface area contributed by atoms with Gasteiger partial charge in [0.05, 0.1) is 20.3 Å². The molecule has 29 heavy (non-hydrogen) atoms. The summed E-state index contributed by atoms with van der Waals surface area (Å²) in [7, 11) is 1.64. The van der Waals surface area contributed by atoms with Gasteiger partial charge in [0.25, 0.3) is 0 Å². The summed E-state index contributed by atoms with van der Waals surface area (Å²) >= 11 is 0. The molecule has 0 saturated carbocycles. The molecule has 0 spiro atoms. The average Bonchev–Trinajstić information content (AvgIpc) is 2.73. The van der Waals surface area contributed by atoms with E-state index in [-0.39, 0.29) is 11.7 Å². The molecule has 1 aliphatic rings. The number of ether oxygens (including phenoxy) is 2. The van der Waals surface area contributed by atoms with E-state index in [4.69, 9.17) is 9.47 Å². The maximum atomic E-state index is 12.7. The van der Waals surface area contributed by atoms with E-state index in [9.17, 15) is 9.59 Å². The Bertz CT molecular complexity index is 884. The monoisotopic (exact) mass is 394 g/mol. The highest BCUT2D eigenvalue weighted by molar-refractivity contribution is 6.07. The van der Waals surface area contributed by atoms with Crippen LogP contribution in [-0.4, -0.2) is 50.0 Å². The Hall–Kier alpha value is -2.96. The Labute approximate surface area is 171 Å². The van der Waals surface area contributed by atoms with E-state index in [0.29, 0.717) is 5.56 Å². The van der Waals surface area contributed by atoms with E-state index in [1.807, 2.05) is 24.3 Å². The molecule has 0 atom stereocenters. The number of hydrogen-bond donors (Lipinski definition) is 1. The molecule has 3 rings (SSSR count). The molecule has 1 fully saturated rings. The molecule has 0 aliphatic carbocycles. The second kappa shape index (κ2) is 10.0. The van der Waals surface area contributed by atoms with E-state index in [1.165, 1.54) is 6.92 Å². The fourth-order valence-electron chi connectivity index (χ4n) is 3.20. The van der Waals surface area contributed by atoms with Crippen LogP contribution >= 0.6 is 0 Å². The molecule has 1 amide bonds. The first-order valence-corrected chi connectivity index (χ1v) is 9.62. The summed E-state index contributed by atoms with van der Waals surface area (Å²) in [5, 5.41) is 2.72. The molecule has 1 heterocycles. The fraction of sp³-hybridized carbons (Fsp3) is 0.304. The number of benzene rings is 2. The summed E-state index contributed by atoms with van der Waals surface area (Å²) in [4.78, 5) is 26.0. The van der Waals surface area contributed by atoms with Crippen molar-refractivity contribution in [1.82, 2.24) is 4.90 Å². The average molecular weight is 394 g/mol. The summed E-state index contributed by atoms with van der Waals surface area (Å²) in [5.41, 5.74) is 3.23. The highest BCUT2D eigenvalue weighted by Crippen LogP contribution is 2.23. The summed E-state index contributed by atoms with van der Waals surface area (Å²) < 4.78 is 10.9. The van der Waals surface area contributed by atoms with Crippen molar-refractivity contribution in [3.8, 4) is 5.75 Å². The van der Waals surface area contributed by atoms with Crippen LogP contribution in [0.15, 0.2) is 48.5 Å². The van der Waals surface area contributed by atoms with Crippen LogP contribution in [0.3, 0.4) is 0 Å². The third-order valence-corrected chi connectivity index (χ3v) is 4.72. The zero-order valence-corrected chi connectivity index (χ0v) is 16.8. The Morgan fingerprint density at radius 2 is 1.86 bits per heavy atom. The number of nitrogens with one attached hydrogen (secondary N) is 1. The van der Waals surface area contributed by atoms with E-state index >= 15 is 0 Å². The first-order chi connectivity index (χ1) is 14.0. The number of rotatable bonds is 7. The van der Waals surface area contributed by atoms with Gasteiger partial charge in [0.15, 0.2) is 5.78 Å². The Kier molecular flexibility index (Phi) is 7.16. The lowest BCUT2D eigenvalue weighted by atomic mass is 10.0.